The molecular weight excluding hydrogens is 295 g/mol. The van der Waals surface area contributed by atoms with E-state index in [9.17, 15) is 9.18 Å². The molecular formula is C15H12ClFN2O2. The van der Waals surface area contributed by atoms with Crippen LogP contribution in [0.25, 0.3) is 11.1 Å². The molecule has 0 spiro atoms. The van der Waals surface area contributed by atoms with E-state index in [1.165, 1.54) is 31.5 Å². The molecule has 0 radical (unpaired) electrons. The lowest BCUT2D eigenvalue weighted by molar-refractivity contribution is 0.0594. The van der Waals surface area contributed by atoms with Crippen LogP contribution in [0, 0.1) is 5.82 Å². The Labute approximate surface area is 125 Å². The molecule has 0 N–H and O–H groups in total. The molecule has 3 rings (SSSR count). The molecule has 0 saturated heterocycles. The molecule has 1 heterocycles. The first kappa shape index (κ1) is 13.9. The lowest BCUT2D eigenvalue weighted by atomic mass is 10.1. The zero-order valence-corrected chi connectivity index (χ0v) is 12.0. The van der Waals surface area contributed by atoms with Crippen LogP contribution in [0.4, 0.5) is 4.39 Å². The maximum atomic E-state index is 13.4. The van der Waals surface area contributed by atoms with Crippen molar-refractivity contribution in [3.63, 3.8) is 0 Å². The Morgan fingerprint density at radius 3 is 2.81 bits per heavy atom. The fraction of sp³-hybridized carbons (Fsp3) is 0.267. The molecule has 4 nitrogen and oxygen atoms in total. The Balaban J connectivity index is 2.16. The van der Waals surface area contributed by atoms with Gasteiger partial charge in [0.1, 0.15) is 11.6 Å². The third-order valence-corrected chi connectivity index (χ3v) is 3.68. The van der Waals surface area contributed by atoms with Gasteiger partial charge in [-0.15, -0.1) is 0 Å². The molecule has 0 atom stereocenters. The minimum atomic E-state index is -0.588. The number of ether oxygens (including phenoxy) is 1. The van der Waals surface area contributed by atoms with E-state index in [-0.39, 0.29) is 5.69 Å². The lowest BCUT2D eigenvalue weighted by Gasteiger charge is -2.10. The van der Waals surface area contributed by atoms with Crippen LogP contribution in [0.2, 0.25) is 5.02 Å². The van der Waals surface area contributed by atoms with E-state index in [0.717, 1.165) is 12.8 Å². The van der Waals surface area contributed by atoms with E-state index in [4.69, 9.17) is 16.3 Å². The van der Waals surface area contributed by atoms with Gasteiger partial charge in [0.15, 0.2) is 5.69 Å². The highest BCUT2D eigenvalue weighted by atomic mass is 35.5. The average molecular weight is 307 g/mol. The molecule has 0 amide bonds. The van der Waals surface area contributed by atoms with Crippen molar-refractivity contribution in [3.05, 3.63) is 46.8 Å². The number of methoxy groups -OCH3 is 1. The first-order chi connectivity index (χ1) is 10.1. The van der Waals surface area contributed by atoms with Crippen molar-refractivity contribution in [1.29, 1.82) is 0 Å². The predicted octanol–water partition coefficient (Wildman–Crippen LogP) is 3.60. The quantitative estimate of drug-likeness (QED) is 0.813. The van der Waals surface area contributed by atoms with Gasteiger partial charge in [-0.25, -0.2) is 19.2 Å². The molecule has 0 aliphatic heterocycles. The summed E-state index contributed by atoms with van der Waals surface area (Å²) in [4.78, 5) is 20.5. The van der Waals surface area contributed by atoms with E-state index >= 15 is 0 Å². The molecule has 0 unspecified atom stereocenters. The van der Waals surface area contributed by atoms with Gasteiger partial charge in [0.2, 0.25) is 0 Å². The topological polar surface area (TPSA) is 52.1 Å². The summed E-state index contributed by atoms with van der Waals surface area (Å²) in [6, 6.07) is 3.94. The van der Waals surface area contributed by atoms with Gasteiger partial charge in [0.05, 0.1) is 7.11 Å². The van der Waals surface area contributed by atoms with Gasteiger partial charge in [-0.05, 0) is 31.0 Å². The fourth-order valence-corrected chi connectivity index (χ4v) is 2.31. The van der Waals surface area contributed by atoms with Crippen LogP contribution in [0.5, 0.6) is 0 Å². The predicted molar refractivity (Wildman–Crippen MR) is 75.8 cm³/mol. The van der Waals surface area contributed by atoms with Crippen LogP contribution in [-0.4, -0.2) is 23.0 Å². The smallest absolute Gasteiger partial charge is 0.357 e. The van der Waals surface area contributed by atoms with E-state index < -0.39 is 11.8 Å². The number of carbonyl (C=O) groups excluding carboxylic acids is 1. The molecule has 1 aromatic carbocycles. The molecule has 1 aliphatic rings. The Hall–Kier alpha value is -2.01. The number of esters is 1. The van der Waals surface area contributed by atoms with Gasteiger partial charge < -0.3 is 4.74 Å². The van der Waals surface area contributed by atoms with Crippen LogP contribution < -0.4 is 0 Å². The summed E-state index contributed by atoms with van der Waals surface area (Å²) in [7, 11) is 1.28. The number of rotatable bonds is 3. The van der Waals surface area contributed by atoms with E-state index in [1.807, 2.05) is 0 Å². The summed E-state index contributed by atoms with van der Waals surface area (Å²) >= 11 is 6.09. The molecule has 1 fully saturated rings. The van der Waals surface area contributed by atoms with E-state index in [2.05, 4.69) is 9.97 Å². The summed E-state index contributed by atoms with van der Waals surface area (Å²) in [5.74, 6) is -0.122. The van der Waals surface area contributed by atoms with Crippen molar-refractivity contribution in [2.75, 3.05) is 7.11 Å². The zero-order valence-electron chi connectivity index (χ0n) is 11.3. The van der Waals surface area contributed by atoms with E-state index in [0.29, 0.717) is 27.9 Å². The molecule has 1 saturated carbocycles. The minimum Gasteiger partial charge on any atom is -0.464 e. The molecule has 1 aromatic heterocycles. The lowest BCUT2D eigenvalue weighted by Crippen LogP contribution is -2.10. The van der Waals surface area contributed by atoms with Crippen molar-refractivity contribution < 1.29 is 13.9 Å². The highest BCUT2D eigenvalue weighted by molar-refractivity contribution is 6.33. The second-order valence-electron chi connectivity index (χ2n) is 4.88. The fourth-order valence-electron chi connectivity index (χ4n) is 2.09. The third kappa shape index (κ3) is 2.74. The second-order valence-corrected chi connectivity index (χ2v) is 5.29. The Morgan fingerprint density at radius 2 is 2.14 bits per heavy atom. The van der Waals surface area contributed by atoms with Gasteiger partial charge in [-0.3, -0.25) is 0 Å². The minimum absolute atomic E-state index is 0.113. The normalized spacial score (nSPS) is 14.0. The monoisotopic (exact) mass is 306 g/mol. The number of hydrogen-bond donors (Lipinski definition) is 0. The van der Waals surface area contributed by atoms with Crippen LogP contribution in [-0.2, 0) is 4.74 Å². The first-order valence-corrected chi connectivity index (χ1v) is 6.88. The van der Waals surface area contributed by atoms with Crippen LogP contribution in [0.3, 0.4) is 0 Å². The number of nitrogens with zero attached hydrogens (tertiary/aromatic N) is 2. The van der Waals surface area contributed by atoms with Crippen LogP contribution in [0.15, 0.2) is 24.4 Å². The van der Waals surface area contributed by atoms with Crippen molar-refractivity contribution in [3.8, 4) is 11.1 Å². The van der Waals surface area contributed by atoms with Crippen molar-refractivity contribution >= 4 is 17.6 Å². The van der Waals surface area contributed by atoms with Crippen LogP contribution in [0.1, 0.15) is 35.1 Å². The number of benzene rings is 1. The van der Waals surface area contributed by atoms with E-state index in [1.54, 1.807) is 0 Å². The molecule has 0 bridgehead atoms. The highest BCUT2D eigenvalue weighted by Gasteiger charge is 2.29. The molecule has 21 heavy (non-hydrogen) atoms. The standard InChI is InChI=1S/C15H12ClFN2O2/c1-21-15(20)13-11(7-18-14(19-13)8-2-3-8)10-6-9(17)4-5-12(10)16/h4-8H,2-3H2,1H3. The summed E-state index contributed by atoms with van der Waals surface area (Å²) < 4.78 is 18.2. The number of aromatic nitrogens is 2. The summed E-state index contributed by atoms with van der Waals surface area (Å²) in [5.41, 5.74) is 0.858. The van der Waals surface area contributed by atoms with Gasteiger partial charge in [0.25, 0.3) is 0 Å². The van der Waals surface area contributed by atoms with Crippen molar-refractivity contribution in [1.82, 2.24) is 9.97 Å². The number of carbonyl (C=O) groups is 1. The SMILES string of the molecule is COC(=O)c1nc(C2CC2)ncc1-c1cc(F)ccc1Cl. The second kappa shape index (κ2) is 5.41. The van der Waals surface area contributed by atoms with Crippen molar-refractivity contribution in [2.45, 2.75) is 18.8 Å². The Bertz CT molecular complexity index is 717. The summed E-state index contributed by atoms with van der Waals surface area (Å²) in [6.45, 7) is 0. The molecule has 1 aliphatic carbocycles. The largest absolute Gasteiger partial charge is 0.464 e. The third-order valence-electron chi connectivity index (χ3n) is 3.35. The van der Waals surface area contributed by atoms with Gasteiger partial charge in [-0.1, -0.05) is 11.6 Å². The summed E-state index contributed by atoms with van der Waals surface area (Å²) in [5, 5.41) is 0.323. The summed E-state index contributed by atoms with van der Waals surface area (Å²) in [6.07, 6.45) is 3.54. The van der Waals surface area contributed by atoms with Crippen molar-refractivity contribution in [2.24, 2.45) is 0 Å². The van der Waals surface area contributed by atoms with Gasteiger partial charge in [-0.2, -0.15) is 0 Å². The maximum absolute atomic E-state index is 13.4. The Morgan fingerprint density at radius 1 is 1.38 bits per heavy atom. The maximum Gasteiger partial charge on any atom is 0.357 e. The number of hydrogen-bond acceptors (Lipinski definition) is 4. The molecule has 2 aromatic rings. The van der Waals surface area contributed by atoms with Gasteiger partial charge >= 0.3 is 5.97 Å². The van der Waals surface area contributed by atoms with Crippen LogP contribution >= 0.6 is 11.6 Å². The average Bonchev–Trinajstić information content (AvgIpc) is 3.33. The highest BCUT2D eigenvalue weighted by Crippen LogP contribution is 2.39. The molecule has 6 heteroatoms. The Kier molecular flexibility index (Phi) is 3.59. The van der Waals surface area contributed by atoms with Gasteiger partial charge in [0, 0.05) is 28.3 Å². The molecule has 108 valence electrons. The number of halogens is 2. The zero-order chi connectivity index (χ0) is 15.0. The first-order valence-electron chi connectivity index (χ1n) is 6.51.